The van der Waals surface area contributed by atoms with Crippen molar-refractivity contribution in [3.05, 3.63) is 11.1 Å². The maximum atomic E-state index is 11.8. The van der Waals surface area contributed by atoms with Crippen molar-refractivity contribution in [2.24, 2.45) is 0 Å². The van der Waals surface area contributed by atoms with Crippen LogP contribution in [0.4, 0.5) is 13.9 Å². The Morgan fingerprint density at radius 1 is 1.54 bits per heavy atom. The van der Waals surface area contributed by atoms with Gasteiger partial charge in [-0.3, -0.25) is 0 Å². The molecule has 0 atom stereocenters. The fourth-order valence-electron chi connectivity index (χ4n) is 0.800. The maximum Gasteiger partial charge on any atom is 0.255 e. The lowest BCUT2D eigenvalue weighted by molar-refractivity contribution is 0.163. The van der Waals surface area contributed by atoms with Crippen LogP contribution >= 0.6 is 11.3 Å². The van der Waals surface area contributed by atoms with E-state index < -0.39 is 6.43 Å². The summed E-state index contributed by atoms with van der Waals surface area (Å²) in [6.45, 7) is 3.76. The summed E-state index contributed by atoms with van der Waals surface area (Å²) in [6.07, 6.45) is -0.602. The van der Waals surface area contributed by atoms with Gasteiger partial charge < -0.3 is 5.32 Å². The minimum absolute atomic E-state index is 0.328. The van der Waals surface area contributed by atoms with Gasteiger partial charge in [0, 0.05) is 11.1 Å². The molecule has 0 radical (unpaired) electrons. The molecule has 0 saturated carbocycles. The number of rotatable bonds is 4. The standard InChI is InChI=1S/C8H12F2N2S/c1-5(2)6-3-11-8(13-6)12-4-7(9)10/h3,5,7H,4H2,1-2H3,(H,11,12). The molecule has 2 nitrogen and oxygen atoms in total. The molecule has 0 aliphatic rings. The molecule has 1 rings (SSSR count). The van der Waals surface area contributed by atoms with Gasteiger partial charge in [0.05, 0.1) is 6.54 Å². The molecule has 0 aromatic carbocycles. The van der Waals surface area contributed by atoms with Gasteiger partial charge >= 0.3 is 0 Å². The molecular formula is C8H12F2N2S. The zero-order valence-electron chi connectivity index (χ0n) is 7.55. The van der Waals surface area contributed by atoms with E-state index in [9.17, 15) is 8.78 Å². The van der Waals surface area contributed by atoms with Gasteiger partial charge in [-0.25, -0.2) is 13.8 Å². The molecule has 0 aliphatic carbocycles. The first-order valence-corrected chi connectivity index (χ1v) is 4.89. The van der Waals surface area contributed by atoms with E-state index in [1.807, 2.05) is 13.8 Å². The number of nitrogens with one attached hydrogen (secondary N) is 1. The van der Waals surface area contributed by atoms with Crippen molar-refractivity contribution < 1.29 is 8.78 Å². The van der Waals surface area contributed by atoms with E-state index in [0.29, 0.717) is 11.0 Å². The van der Waals surface area contributed by atoms with Crippen LogP contribution in [-0.2, 0) is 0 Å². The van der Waals surface area contributed by atoms with Crippen LogP contribution in [0.1, 0.15) is 24.6 Å². The van der Waals surface area contributed by atoms with E-state index in [-0.39, 0.29) is 6.54 Å². The van der Waals surface area contributed by atoms with Crippen LogP contribution in [-0.4, -0.2) is 18.0 Å². The summed E-state index contributed by atoms with van der Waals surface area (Å²) >= 11 is 1.43. The number of hydrogen-bond acceptors (Lipinski definition) is 3. The second kappa shape index (κ2) is 4.50. The number of anilines is 1. The highest BCUT2D eigenvalue weighted by molar-refractivity contribution is 7.15. The lowest BCUT2D eigenvalue weighted by Gasteiger charge is -2.00. The van der Waals surface area contributed by atoms with Gasteiger partial charge in [-0.15, -0.1) is 11.3 Å². The highest BCUT2D eigenvalue weighted by atomic mass is 32.1. The first-order valence-electron chi connectivity index (χ1n) is 4.07. The molecule has 0 aliphatic heterocycles. The first-order chi connectivity index (χ1) is 6.09. The summed E-state index contributed by atoms with van der Waals surface area (Å²) in [7, 11) is 0. The minimum Gasteiger partial charge on any atom is -0.356 e. The second-order valence-corrected chi connectivity index (χ2v) is 4.06. The third-order valence-electron chi connectivity index (χ3n) is 1.50. The van der Waals surface area contributed by atoms with Crippen molar-refractivity contribution in [3.63, 3.8) is 0 Å². The summed E-state index contributed by atoms with van der Waals surface area (Å²) in [5.74, 6) is 0.402. The number of alkyl halides is 2. The number of hydrogen-bond donors (Lipinski definition) is 1. The van der Waals surface area contributed by atoms with Crippen molar-refractivity contribution in [1.82, 2.24) is 4.98 Å². The second-order valence-electron chi connectivity index (χ2n) is 2.99. The van der Waals surface area contributed by atoms with E-state index in [1.165, 1.54) is 11.3 Å². The fourth-order valence-corrected chi connectivity index (χ4v) is 1.62. The Balaban J connectivity index is 2.49. The maximum absolute atomic E-state index is 11.8. The van der Waals surface area contributed by atoms with Crippen molar-refractivity contribution >= 4 is 16.5 Å². The average molecular weight is 206 g/mol. The van der Waals surface area contributed by atoms with Crippen molar-refractivity contribution in [2.45, 2.75) is 26.2 Å². The van der Waals surface area contributed by atoms with Crippen LogP contribution < -0.4 is 5.32 Å². The SMILES string of the molecule is CC(C)c1cnc(NCC(F)F)s1. The van der Waals surface area contributed by atoms with Gasteiger partial charge in [-0.2, -0.15) is 0 Å². The Hall–Kier alpha value is -0.710. The van der Waals surface area contributed by atoms with Crippen molar-refractivity contribution in [3.8, 4) is 0 Å². The zero-order chi connectivity index (χ0) is 9.84. The molecule has 0 bridgehead atoms. The molecule has 1 aromatic rings. The largest absolute Gasteiger partial charge is 0.356 e. The molecule has 0 spiro atoms. The third-order valence-corrected chi connectivity index (χ3v) is 2.76. The van der Waals surface area contributed by atoms with E-state index in [2.05, 4.69) is 10.3 Å². The summed E-state index contributed by atoms with van der Waals surface area (Å²) in [5, 5.41) is 3.15. The van der Waals surface area contributed by atoms with Gasteiger partial charge in [0.15, 0.2) is 5.13 Å². The topological polar surface area (TPSA) is 24.9 Å². The molecule has 1 aromatic heterocycles. The van der Waals surface area contributed by atoms with E-state index in [1.54, 1.807) is 6.20 Å². The van der Waals surface area contributed by atoms with Crippen molar-refractivity contribution in [1.29, 1.82) is 0 Å². The van der Waals surface area contributed by atoms with Crippen LogP contribution in [0, 0.1) is 0 Å². The summed E-state index contributed by atoms with van der Waals surface area (Å²) in [6, 6.07) is 0. The Morgan fingerprint density at radius 3 is 2.69 bits per heavy atom. The Bertz CT molecular complexity index is 260. The Morgan fingerprint density at radius 2 is 2.23 bits per heavy atom. The molecule has 0 saturated heterocycles. The van der Waals surface area contributed by atoms with Gasteiger partial charge in [-0.1, -0.05) is 13.8 Å². The molecule has 1 N–H and O–H groups in total. The quantitative estimate of drug-likeness (QED) is 0.819. The van der Waals surface area contributed by atoms with Crippen LogP contribution in [0.15, 0.2) is 6.20 Å². The molecule has 13 heavy (non-hydrogen) atoms. The Labute approximate surface area is 80.0 Å². The zero-order valence-corrected chi connectivity index (χ0v) is 8.37. The minimum atomic E-state index is -2.33. The van der Waals surface area contributed by atoms with Gasteiger partial charge in [-0.05, 0) is 5.92 Å². The monoisotopic (exact) mass is 206 g/mol. The van der Waals surface area contributed by atoms with E-state index in [0.717, 1.165) is 4.88 Å². The molecule has 5 heteroatoms. The lowest BCUT2D eigenvalue weighted by atomic mass is 10.2. The van der Waals surface area contributed by atoms with Crippen LogP contribution in [0.2, 0.25) is 0 Å². The average Bonchev–Trinajstić information content (AvgIpc) is 2.48. The predicted octanol–water partition coefficient (Wildman–Crippen LogP) is 2.94. The highest BCUT2D eigenvalue weighted by Gasteiger charge is 2.07. The van der Waals surface area contributed by atoms with Crippen LogP contribution in [0.25, 0.3) is 0 Å². The van der Waals surface area contributed by atoms with Gasteiger partial charge in [0.1, 0.15) is 0 Å². The van der Waals surface area contributed by atoms with E-state index in [4.69, 9.17) is 0 Å². The number of halogens is 2. The Kier molecular flexibility index (Phi) is 3.59. The molecule has 1 heterocycles. The van der Waals surface area contributed by atoms with Gasteiger partial charge in [0.2, 0.25) is 0 Å². The summed E-state index contributed by atoms with van der Waals surface area (Å²) in [5.41, 5.74) is 0. The molecule has 0 unspecified atom stereocenters. The third kappa shape index (κ3) is 3.26. The first kappa shape index (κ1) is 10.4. The summed E-state index contributed by atoms with van der Waals surface area (Å²) in [4.78, 5) is 5.09. The summed E-state index contributed by atoms with van der Waals surface area (Å²) < 4.78 is 23.6. The molecule has 0 amide bonds. The number of thiazole rings is 1. The smallest absolute Gasteiger partial charge is 0.255 e. The van der Waals surface area contributed by atoms with Crippen LogP contribution in [0.3, 0.4) is 0 Å². The fraction of sp³-hybridized carbons (Fsp3) is 0.625. The molecule has 74 valence electrons. The molecule has 0 fully saturated rings. The highest BCUT2D eigenvalue weighted by Crippen LogP contribution is 2.24. The predicted molar refractivity (Wildman–Crippen MR) is 50.7 cm³/mol. The number of nitrogens with zero attached hydrogens (tertiary/aromatic N) is 1. The normalized spacial score (nSPS) is 11.2. The van der Waals surface area contributed by atoms with Crippen LogP contribution in [0.5, 0.6) is 0 Å². The molecular weight excluding hydrogens is 194 g/mol. The van der Waals surface area contributed by atoms with Crippen molar-refractivity contribution in [2.75, 3.05) is 11.9 Å². The van der Waals surface area contributed by atoms with Gasteiger partial charge in [0.25, 0.3) is 6.43 Å². The lowest BCUT2D eigenvalue weighted by Crippen LogP contribution is -2.09. The van der Waals surface area contributed by atoms with E-state index >= 15 is 0 Å². The number of aromatic nitrogens is 1.